The van der Waals surface area contributed by atoms with Crippen molar-refractivity contribution in [2.75, 3.05) is 4.90 Å². The molecule has 3 atom stereocenters. The second-order valence-corrected chi connectivity index (χ2v) is 11.2. The zero-order valence-corrected chi connectivity index (χ0v) is 24.3. The number of carbonyl (C=O) groups is 4. The Balaban J connectivity index is 1.21. The predicted molar refractivity (Wildman–Crippen MR) is 162 cm³/mol. The molecule has 4 N–H and O–H groups in total. The Bertz CT molecular complexity index is 1700. The van der Waals surface area contributed by atoms with Crippen molar-refractivity contribution in [1.82, 2.24) is 31.4 Å². The second-order valence-electron chi connectivity index (χ2n) is 11.2. The van der Waals surface area contributed by atoms with Gasteiger partial charge in [0.2, 0.25) is 23.6 Å². The minimum absolute atomic E-state index is 0.0629. The van der Waals surface area contributed by atoms with Crippen LogP contribution in [0.1, 0.15) is 34.4 Å². The van der Waals surface area contributed by atoms with Crippen molar-refractivity contribution in [3.05, 3.63) is 113 Å². The largest absolute Gasteiger partial charge is 0.348 e. The fourth-order valence-electron chi connectivity index (χ4n) is 5.95. The number of rotatable bonds is 10. The summed E-state index contributed by atoms with van der Waals surface area (Å²) in [6.45, 7) is 0.144. The van der Waals surface area contributed by atoms with Crippen LogP contribution in [0.2, 0.25) is 0 Å². The van der Waals surface area contributed by atoms with E-state index < -0.39 is 35.8 Å². The average Bonchev–Trinajstić information content (AvgIpc) is 3.68. The molecular formula is C33H32FN7O4. The predicted octanol–water partition coefficient (Wildman–Crippen LogP) is 1.92. The van der Waals surface area contributed by atoms with Gasteiger partial charge in [-0.1, -0.05) is 60.7 Å². The highest BCUT2D eigenvalue weighted by atomic mass is 19.1. The van der Waals surface area contributed by atoms with E-state index in [2.05, 4.69) is 31.4 Å². The van der Waals surface area contributed by atoms with Gasteiger partial charge in [-0.05, 0) is 47.2 Å². The van der Waals surface area contributed by atoms with Gasteiger partial charge < -0.3 is 16.0 Å². The molecule has 4 aromatic rings. The summed E-state index contributed by atoms with van der Waals surface area (Å²) < 4.78 is 13.6. The SMILES string of the molecule is O=C(Cc1ccccc1)N[C@@H](Cc1ccc(F)cc1)C(=O)N[C@H]1CCc2cccc3c2N(C1=O)[C@H](C(=O)NCc1cn[nH]n1)C3. The molecular weight excluding hydrogens is 577 g/mol. The van der Waals surface area contributed by atoms with Crippen molar-refractivity contribution in [2.45, 2.75) is 56.8 Å². The fraction of sp³-hybridized carbons (Fsp3) is 0.273. The fourth-order valence-corrected chi connectivity index (χ4v) is 5.95. The number of aryl methyl sites for hydroxylation is 1. The molecule has 0 aliphatic carbocycles. The van der Waals surface area contributed by atoms with Crippen molar-refractivity contribution < 1.29 is 23.6 Å². The monoisotopic (exact) mass is 609 g/mol. The van der Waals surface area contributed by atoms with Crippen LogP contribution in [0.15, 0.2) is 79.0 Å². The van der Waals surface area contributed by atoms with Crippen LogP contribution in [0.5, 0.6) is 0 Å². The lowest BCUT2D eigenvalue weighted by molar-refractivity contribution is -0.132. The Kier molecular flexibility index (Phi) is 8.63. The minimum atomic E-state index is -1.03. The highest BCUT2D eigenvalue weighted by molar-refractivity contribution is 6.08. The summed E-state index contributed by atoms with van der Waals surface area (Å²) in [6, 6.07) is 17.8. The van der Waals surface area contributed by atoms with Crippen molar-refractivity contribution in [2.24, 2.45) is 0 Å². The van der Waals surface area contributed by atoms with Crippen molar-refractivity contribution >= 4 is 29.3 Å². The van der Waals surface area contributed by atoms with Crippen LogP contribution in [0.4, 0.5) is 10.1 Å². The first-order valence-electron chi connectivity index (χ1n) is 14.8. The van der Waals surface area contributed by atoms with Gasteiger partial charge in [0.1, 0.15) is 29.6 Å². The first-order valence-corrected chi connectivity index (χ1v) is 14.8. The molecule has 0 saturated heterocycles. The first kappa shape index (κ1) is 29.7. The number of hydrogen-bond acceptors (Lipinski definition) is 6. The molecule has 0 fully saturated rings. The van der Waals surface area contributed by atoms with Crippen LogP contribution in [-0.4, -0.2) is 57.2 Å². The number of halogens is 1. The molecule has 3 heterocycles. The summed E-state index contributed by atoms with van der Waals surface area (Å²) in [4.78, 5) is 55.8. The highest BCUT2D eigenvalue weighted by Gasteiger charge is 2.44. The number of benzene rings is 3. The van der Waals surface area contributed by atoms with Crippen molar-refractivity contribution in [1.29, 1.82) is 0 Å². The Morgan fingerprint density at radius 1 is 0.978 bits per heavy atom. The van der Waals surface area contributed by atoms with E-state index in [1.165, 1.54) is 23.2 Å². The summed E-state index contributed by atoms with van der Waals surface area (Å²) in [5.74, 6) is -2.07. The number of aromatic amines is 1. The van der Waals surface area contributed by atoms with Gasteiger partial charge in [-0.15, -0.1) is 0 Å². The second kappa shape index (κ2) is 13.1. The molecule has 2 aliphatic rings. The van der Waals surface area contributed by atoms with Gasteiger partial charge in [0.25, 0.3) is 0 Å². The molecule has 0 bridgehead atoms. The minimum Gasteiger partial charge on any atom is -0.348 e. The molecule has 11 nitrogen and oxygen atoms in total. The molecule has 0 saturated carbocycles. The van der Waals surface area contributed by atoms with E-state index in [0.29, 0.717) is 36.2 Å². The van der Waals surface area contributed by atoms with E-state index in [4.69, 9.17) is 0 Å². The number of anilines is 1. The molecule has 2 aliphatic heterocycles. The topological polar surface area (TPSA) is 149 Å². The lowest BCUT2D eigenvalue weighted by Gasteiger charge is -2.29. The normalized spacial score (nSPS) is 17.6. The highest BCUT2D eigenvalue weighted by Crippen LogP contribution is 2.39. The van der Waals surface area contributed by atoms with Gasteiger partial charge in [-0.25, -0.2) is 4.39 Å². The van der Waals surface area contributed by atoms with Crippen LogP contribution < -0.4 is 20.9 Å². The maximum Gasteiger partial charge on any atom is 0.250 e. The Morgan fingerprint density at radius 3 is 2.51 bits per heavy atom. The Labute approximate surface area is 258 Å². The van der Waals surface area contributed by atoms with Gasteiger partial charge in [0.05, 0.1) is 24.8 Å². The quantitative estimate of drug-likeness (QED) is 0.216. The van der Waals surface area contributed by atoms with Crippen molar-refractivity contribution in [3.63, 3.8) is 0 Å². The number of amides is 4. The first-order chi connectivity index (χ1) is 21.9. The zero-order valence-electron chi connectivity index (χ0n) is 24.3. The van der Waals surface area contributed by atoms with E-state index in [-0.39, 0.29) is 31.2 Å². The van der Waals surface area contributed by atoms with Crippen LogP contribution in [0.3, 0.4) is 0 Å². The Morgan fingerprint density at radius 2 is 1.76 bits per heavy atom. The number of carbonyl (C=O) groups excluding carboxylic acids is 4. The standard InChI is InChI=1S/C33H32FN7O4/c34-24-12-9-21(10-13-24)15-27(37-29(42)16-20-5-2-1-3-6-20)31(43)38-26-14-11-22-7-4-8-23-17-28(41(30(22)23)33(26)45)32(44)35-18-25-19-36-40-39-25/h1-10,12-13,19,26-28H,11,14-18H2,(H,35,44)(H,37,42)(H,38,43)(H,36,39,40)/t26-,27-,28-/m0/s1. The van der Waals surface area contributed by atoms with Crippen LogP contribution >= 0.6 is 0 Å². The number of hydrogen-bond donors (Lipinski definition) is 4. The Hall–Kier alpha value is -5.39. The summed E-state index contributed by atoms with van der Waals surface area (Å²) in [5.41, 5.74) is 4.49. The summed E-state index contributed by atoms with van der Waals surface area (Å²) in [7, 11) is 0. The maximum absolute atomic E-state index is 14.1. The number of para-hydroxylation sites is 1. The van der Waals surface area contributed by atoms with E-state index in [1.807, 2.05) is 48.5 Å². The summed E-state index contributed by atoms with van der Waals surface area (Å²) >= 11 is 0. The van der Waals surface area contributed by atoms with E-state index >= 15 is 0 Å². The third kappa shape index (κ3) is 6.74. The van der Waals surface area contributed by atoms with Gasteiger partial charge in [0.15, 0.2) is 0 Å². The number of H-pyrrole nitrogens is 1. The van der Waals surface area contributed by atoms with Gasteiger partial charge in [0, 0.05) is 12.8 Å². The average molecular weight is 610 g/mol. The number of nitrogens with zero attached hydrogens (tertiary/aromatic N) is 3. The molecule has 0 unspecified atom stereocenters. The number of nitrogens with one attached hydrogen (secondary N) is 4. The van der Waals surface area contributed by atoms with Crippen LogP contribution in [0.25, 0.3) is 0 Å². The maximum atomic E-state index is 14.1. The van der Waals surface area contributed by atoms with Crippen LogP contribution in [0, 0.1) is 5.82 Å². The summed E-state index contributed by atoms with van der Waals surface area (Å²) in [6.07, 6.45) is 2.81. The smallest absolute Gasteiger partial charge is 0.250 e. The van der Waals surface area contributed by atoms with E-state index in [0.717, 1.165) is 16.7 Å². The van der Waals surface area contributed by atoms with Crippen LogP contribution in [-0.2, 0) is 51.4 Å². The molecule has 3 aromatic carbocycles. The summed E-state index contributed by atoms with van der Waals surface area (Å²) in [5, 5.41) is 18.7. The van der Waals surface area contributed by atoms with Gasteiger partial charge in [-0.2, -0.15) is 15.4 Å². The third-order valence-corrected chi connectivity index (χ3v) is 8.15. The molecule has 4 amide bonds. The van der Waals surface area contributed by atoms with E-state index in [9.17, 15) is 23.6 Å². The van der Waals surface area contributed by atoms with Gasteiger partial charge >= 0.3 is 0 Å². The molecule has 1 aromatic heterocycles. The lowest BCUT2D eigenvalue weighted by Crippen LogP contribution is -2.57. The number of aromatic nitrogens is 3. The van der Waals surface area contributed by atoms with Gasteiger partial charge in [-0.3, -0.25) is 24.1 Å². The molecule has 6 rings (SSSR count). The molecule has 0 spiro atoms. The molecule has 45 heavy (non-hydrogen) atoms. The van der Waals surface area contributed by atoms with Crippen molar-refractivity contribution in [3.8, 4) is 0 Å². The third-order valence-electron chi connectivity index (χ3n) is 8.15. The van der Waals surface area contributed by atoms with E-state index in [1.54, 1.807) is 12.1 Å². The molecule has 12 heteroatoms. The lowest BCUT2D eigenvalue weighted by atomic mass is 10.0. The zero-order chi connectivity index (χ0) is 31.3. The molecule has 0 radical (unpaired) electrons. The molecule has 230 valence electrons.